The molecule has 25 nitrogen and oxygen atoms in total. The number of carbonyl (C=O) groups is 7. The number of hydrogen-bond acceptors (Lipinski definition) is 18. The number of ether oxygens (including phenoxy) is 1. The first-order valence-corrected chi connectivity index (χ1v) is 32.3. The monoisotopic (exact) mass is 1360 g/mol. The summed E-state index contributed by atoms with van der Waals surface area (Å²) in [6.45, 7) is 8.60. The van der Waals surface area contributed by atoms with Gasteiger partial charge >= 0.3 is 32.5 Å². The lowest BCUT2D eigenvalue weighted by Crippen LogP contribution is -2.56. The zero-order valence-corrected chi connectivity index (χ0v) is 54.1. The van der Waals surface area contributed by atoms with Crippen molar-refractivity contribution in [2.24, 2.45) is 0 Å². The van der Waals surface area contributed by atoms with Crippen molar-refractivity contribution in [1.29, 1.82) is 0 Å². The van der Waals surface area contributed by atoms with Crippen LogP contribution in [0.25, 0.3) is 0 Å². The molecule has 2 fully saturated rings. The van der Waals surface area contributed by atoms with Crippen molar-refractivity contribution in [3.05, 3.63) is 179 Å². The Morgan fingerprint density at radius 2 is 1.18 bits per heavy atom. The number of hydrogen-bond donors (Lipinski definition) is 7. The minimum atomic E-state index is -4.92. The van der Waals surface area contributed by atoms with Crippen LogP contribution in [0.2, 0.25) is 0 Å². The molecule has 6 atom stereocenters. The molecule has 0 aliphatic carbocycles. The van der Waals surface area contributed by atoms with E-state index in [1.807, 2.05) is 12.3 Å². The fourth-order valence-corrected chi connectivity index (χ4v) is 10.4. The Morgan fingerprint density at radius 3 is 1.63 bits per heavy atom. The molecule has 0 bridgehead atoms. The number of aliphatic carboxylic acids is 1. The topological polar surface area (TPSA) is 347 Å². The lowest BCUT2D eigenvalue weighted by atomic mass is 10.1. The number of likely N-dealkylation sites (N-methyl/N-ethyl adjacent to an activating group) is 2. The number of rotatable bonds is 22. The van der Waals surface area contributed by atoms with Gasteiger partial charge in [0.1, 0.15) is 35.4 Å². The van der Waals surface area contributed by atoms with E-state index in [0.29, 0.717) is 49.7 Å². The van der Waals surface area contributed by atoms with Gasteiger partial charge in [-0.2, -0.15) is 16.8 Å². The van der Waals surface area contributed by atoms with Crippen molar-refractivity contribution in [1.82, 2.24) is 61.6 Å². The highest BCUT2D eigenvalue weighted by molar-refractivity contribution is 7.86. The number of nitrogens with zero attached hydrogens (tertiary/aromatic N) is 6. The van der Waals surface area contributed by atoms with Gasteiger partial charge in [0.15, 0.2) is 0 Å². The molecular weight excluding hydrogens is 1280 g/mol. The highest BCUT2D eigenvalue weighted by atomic mass is 32.3. The van der Waals surface area contributed by atoms with Crippen LogP contribution in [0.5, 0.6) is 0 Å². The second-order valence-electron chi connectivity index (χ2n) is 22.9. The molecular formula is C64H78F4N12O13S2. The summed E-state index contributed by atoms with van der Waals surface area (Å²) >= 11 is 0. The fraction of sp³-hybridized carbons (Fsp3) is 0.391. The summed E-state index contributed by atoms with van der Waals surface area (Å²) in [5.41, 5.74) is 3.89. The Labute approximate surface area is 549 Å². The van der Waals surface area contributed by atoms with E-state index in [1.54, 1.807) is 82.5 Å². The Balaban J connectivity index is 0.000000275. The lowest BCUT2D eigenvalue weighted by molar-refractivity contribution is -0.142. The second kappa shape index (κ2) is 34.7. The Kier molecular flexibility index (Phi) is 27.9. The van der Waals surface area contributed by atoms with Gasteiger partial charge in [-0.05, 0) is 158 Å². The maximum absolute atomic E-state index is 13.8. The molecule has 6 aromatic rings. The third kappa shape index (κ3) is 23.6. The fourth-order valence-electron chi connectivity index (χ4n) is 9.45. The summed E-state index contributed by atoms with van der Waals surface area (Å²) < 4.78 is 102. The highest BCUT2D eigenvalue weighted by Crippen LogP contribution is 2.32. The molecule has 0 spiro atoms. The molecule has 6 amide bonds. The van der Waals surface area contributed by atoms with Crippen molar-refractivity contribution >= 4 is 62.0 Å². The zero-order valence-electron chi connectivity index (χ0n) is 52.4. The van der Waals surface area contributed by atoms with Gasteiger partial charge in [-0.3, -0.25) is 48.8 Å². The number of halogens is 4. The van der Waals surface area contributed by atoms with Gasteiger partial charge < -0.3 is 46.6 Å². The SMILES string of the molecule is C.CN[C@@H](C)C(=O)N[C@@H](CNC(=O)c1ccc(S(=O)(=O)F)cc1)C(=O)N1CCCC1c1cncc(Cc2cccc(F)c2)n1.C[C@@H](C(=O)N[C@@H](CNC(=O)c1ccc(S(=O)(=O)F)cc1)C(=O)O)N(C)C(=O)OC(C)(C)C.Fc1cccc(Cc2cncc(C3CCCN3)n2)c1. The number of likely N-dealkylation sites (tertiary alicyclic amines) is 1. The predicted molar refractivity (Wildman–Crippen MR) is 340 cm³/mol. The van der Waals surface area contributed by atoms with E-state index in [0.717, 1.165) is 88.9 Å². The summed E-state index contributed by atoms with van der Waals surface area (Å²) in [5, 5.41) is 25.3. The molecule has 7 N–H and O–H groups in total. The number of carbonyl (C=O) groups excluding carboxylic acids is 6. The van der Waals surface area contributed by atoms with Crippen LogP contribution in [-0.2, 0) is 57.2 Å². The Bertz CT molecular complexity index is 3890. The third-order valence-electron chi connectivity index (χ3n) is 14.7. The van der Waals surface area contributed by atoms with Crippen LogP contribution in [0, 0.1) is 11.6 Å². The predicted octanol–water partition coefficient (Wildman–Crippen LogP) is 6.22. The van der Waals surface area contributed by atoms with Crippen LogP contribution < -0.4 is 31.9 Å². The maximum atomic E-state index is 13.8. The van der Waals surface area contributed by atoms with Crippen LogP contribution in [0.1, 0.15) is 134 Å². The number of nitrogens with one attached hydrogen (secondary N) is 6. The van der Waals surface area contributed by atoms with E-state index >= 15 is 0 Å². The van der Waals surface area contributed by atoms with Crippen molar-refractivity contribution in [3.63, 3.8) is 0 Å². The van der Waals surface area contributed by atoms with Gasteiger partial charge in [-0.15, -0.1) is 7.77 Å². The number of carboxylic acid groups (broad SMARTS) is 1. The van der Waals surface area contributed by atoms with Gasteiger partial charge in [0.25, 0.3) is 11.8 Å². The Hall–Kier alpha value is -9.33. The first kappa shape index (κ1) is 76.4. The van der Waals surface area contributed by atoms with Gasteiger partial charge in [0, 0.05) is 69.2 Å². The van der Waals surface area contributed by atoms with Crippen LogP contribution in [-0.4, -0.2) is 163 Å². The van der Waals surface area contributed by atoms with E-state index in [1.165, 1.54) is 38.6 Å². The largest absolute Gasteiger partial charge is 0.480 e. The summed E-state index contributed by atoms with van der Waals surface area (Å²) in [7, 11) is -6.94. The first-order valence-electron chi connectivity index (χ1n) is 29.6. The molecule has 2 aliphatic heterocycles. The van der Waals surface area contributed by atoms with Gasteiger partial charge in [0.2, 0.25) is 17.7 Å². The number of benzene rings is 4. The molecule has 4 heterocycles. The molecule has 2 saturated heterocycles. The molecule has 0 radical (unpaired) electrons. The molecule has 4 aromatic carbocycles. The quantitative estimate of drug-likeness (QED) is 0.0293. The van der Waals surface area contributed by atoms with Gasteiger partial charge in [-0.1, -0.05) is 31.7 Å². The number of aromatic nitrogens is 4. The van der Waals surface area contributed by atoms with Gasteiger partial charge in [0.05, 0.1) is 56.9 Å². The second-order valence-corrected chi connectivity index (χ2v) is 25.6. The van der Waals surface area contributed by atoms with Crippen LogP contribution in [0.15, 0.2) is 132 Å². The zero-order chi connectivity index (χ0) is 69.1. The molecule has 2 aliphatic rings. The van der Waals surface area contributed by atoms with Crippen LogP contribution >= 0.6 is 0 Å². The average Bonchev–Trinajstić information content (AvgIpc) is 1.75. The van der Waals surface area contributed by atoms with E-state index in [9.17, 15) is 72.1 Å². The van der Waals surface area contributed by atoms with Crippen molar-refractivity contribution in [3.8, 4) is 0 Å². The normalized spacial score (nSPS) is 15.7. The summed E-state index contributed by atoms with van der Waals surface area (Å²) in [6, 6.07) is 16.4. The standard InChI is InChI=1S/C29H32F2N6O5S.C19H26FN3O8S.C15H16FN3.CH4/c1-18(32-2)27(38)36-25(17-34-28(39)20-8-10-23(11-9-20)43(31,41)42)29(40)37-12-4-7-26(37)24-16-33-15-22(35-24)14-19-5-3-6-21(30)13-19;1-11(23(5)18(28)31-19(2,3)4)15(24)22-14(17(26)27)10-21-16(25)12-6-8-13(9-7-12)32(20,29)30;16-12-4-1-3-11(7-12)8-13-9-17-10-15(19-13)14-5-2-6-18-14;/h3,5-6,8-11,13,15-16,18,25-26,32H,4,7,12,14,17H2,1-2H3,(H,34,39)(H,36,38);6-9,11,14H,10H2,1-5H3,(H,21,25)(H,22,24)(H,26,27);1,3-4,7,9-10,14,18H,2,5-6,8H2;1H4/t18-,25-,26?;11-,14-;;/m00../s1. The van der Waals surface area contributed by atoms with Crippen molar-refractivity contribution < 1.29 is 76.8 Å². The van der Waals surface area contributed by atoms with E-state index in [2.05, 4.69) is 46.9 Å². The first-order chi connectivity index (χ1) is 44.3. The van der Waals surface area contributed by atoms with E-state index < -0.39 is 114 Å². The molecule has 31 heteroatoms. The molecule has 2 unspecified atom stereocenters. The summed E-state index contributed by atoms with van der Waals surface area (Å²) in [4.78, 5) is 107. The smallest absolute Gasteiger partial charge is 0.410 e. The van der Waals surface area contributed by atoms with Crippen LogP contribution in [0.3, 0.4) is 0 Å². The molecule has 95 heavy (non-hydrogen) atoms. The number of carboxylic acids is 1. The molecule has 2 aromatic heterocycles. The summed E-state index contributed by atoms with van der Waals surface area (Å²) in [6.07, 6.45) is 10.5. The molecule has 0 saturated carbocycles. The van der Waals surface area contributed by atoms with Crippen LogP contribution in [0.4, 0.5) is 21.3 Å². The highest BCUT2D eigenvalue weighted by Gasteiger charge is 2.37. The van der Waals surface area contributed by atoms with Crippen molar-refractivity contribution in [2.45, 2.75) is 132 Å². The molecule has 512 valence electrons. The third-order valence-corrected chi connectivity index (χ3v) is 16.3. The minimum absolute atomic E-state index is 0. The molecule has 8 rings (SSSR count). The average molecular weight is 1360 g/mol. The maximum Gasteiger partial charge on any atom is 0.410 e. The van der Waals surface area contributed by atoms with E-state index in [4.69, 9.17) is 9.72 Å². The van der Waals surface area contributed by atoms with E-state index in [-0.39, 0.29) is 36.7 Å². The summed E-state index contributed by atoms with van der Waals surface area (Å²) in [5.74, 6) is -5.11. The number of amides is 6. The minimum Gasteiger partial charge on any atom is -0.480 e. The lowest BCUT2D eigenvalue weighted by Gasteiger charge is -2.30. The van der Waals surface area contributed by atoms with Gasteiger partial charge in [-0.25, -0.2) is 18.4 Å². The Morgan fingerprint density at radius 1 is 0.695 bits per heavy atom. The van der Waals surface area contributed by atoms with Crippen molar-refractivity contribution in [2.75, 3.05) is 40.3 Å².